The Labute approximate surface area is 90.3 Å². The number of nitrogens with two attached hydrogens (primary N) is 1. The summed E-state index contributed by atoms with van der Waals surface area (Å²) < 4.78 is 5.75. The van der Waals surface area contributed by atoms with Crippen LogP contribution in [0.2, 0.25) is 0 Å². The molecule has 0 saturated carbocycles. The topological polar surface area (TPSA) is 59.4 Å². The first-order valence-electron chi connectivity index (χ1n) is 5.62. The fraction of sp³-hybridized carbons (Fsp3) is 0.667. The lowest BCUT2D eigenvalue weighted by Crippen LogP contribution is -2.37. The van der Waals surface area contributed by atoms with Crippen molar-refractivity contribution in [2.45, 2.75) is 44.6 Å². The molecular formula is C12H19NO2. The Morgan fingerprint density at radius 3 is 2.93 bits per heavy atom. The molecule has 1 atom stereocenters. The van der Waals surface area contributed by atoms with E-state index in [1.807, 2.05) is 6.07 Å². The lowest BCUT2D eigenvalue weighted by atomic mass is 9.83. The molecule has 1 aromatic rings. The molecule has 3 nitrogen and oxygen atoms in total. The van der Waals surface area contributed by atoms with Crippen LogP contribution < -0.4 is 5.73 Å². The highest BCUT2D eigenvalue weighted by Gasteiger charge is 2.36. The van der Waals surface area contributed by atoms with Gasteiger partial charge in [-0.2, -0.15) is 0 Å². The van der Waals surface area contributed by atoms with Gasteiger partial charge < -0.3 is 15.3 Å². The Morgan fingerprint density at radius 1 is 1.60 bits per heavy atom. The van der Waals surface area contributed by atoms with Crippen molar-refractivity contribution in [2.24, 2.45) is 5.73 Å². The van der Waals surface area contributed by atoms with E-state index in [0.29, 0.717) is 5.92 Å². The number of fused-ring (bicyclic) bond motifs is 1. The van der Waals surface area contributed by atoms with Crippen LogP contribution in [-0.2, 0) is 12.0 Å². The zero-order chi connectivity index (χ0) is 11.1. The molecule has 1 heterocycles. The van der Waals surface area contributed by atoms with Crippen LogP contribution in [0.5, 0.6) is 0 Å². The molecule has 84 valence electrons. The lowest BCUT2D eigenvalue weighted by Gasteiger charge is -2.29. The minimum absolute atomic E-state index is 0.275. The molecule has 0 fully saturated rings. The molecular weight excluding hydrogens is 190 g/mol. The van der Waals surface area contributed by atoms with E-state index < -0.39 is 5.60 Å². The van der Waals surface area contributed by atoms with E-state index in [0.717, 1.165) is 36.3 Å². The summed E-state index contributed by atoms with van der Waals surface area (Å²) in [5.41, 5.74) is 5.71. The summed E-state index contributed by atoms with van der Waals surface area (Å²) in [6.07, 6.45) is 2.61. The number of furan rings is 1. The van der Waals surface area contributed by atoms with Gasteiger partial charge in [-0.1, -0.05) is 13.8 Å². The number of aryl methyl sites for hydroxylation is 1. The van der Waals surface area contributed by atoms with E-state index in [1.165, 1.54) is 0 Å². The van der Waals surface area contributed by atoms with Gasteiger partial charge in [0.1, 0.15) is 17.1 Å². The maximum absolute atomic E-state index is 10.3. The fourth-order valence-electron chi connectivity index (χ4n) is 2.20. The lowest BCUT2D eigenvalue weighted by molar-refractivity contribution is 0.0257. The second-order valence-electron chi connectivity index (χ2n) is 4.73. The normalized spacial score (nSPS) is 25.7. The quantitative estimate of drug-likeness (QED) is 0.782. The second-order valence-corrected chi connectivity index (χ2v) is 4.73. The van der Waals surface area contributed by atoms with Gasteiger partial charge in [0, 0.05) is 24.4 Å². The van der Waals surface area contributed by atoms with E-state index in [4.69, 9.17) is 10.2 Å². The Bertz CT molecular complexity index is 357. The van der Waals surface area contributed by atoms with E-state index in [9.17, 15) is 5.11 Å². The van der Waals surface area contributed by atoms with E-state index in [2.05, 4.69) is 13.8 Å². The van der Waals surface area contributed by atoms with Crippen LogP contribution in [-0.4, -0.2) is 11.7 Å². The summed E-state index contributed by atoms with van der Waals surface area (Å²) in [5.74, 6) is 2.24. The van der Waals surface area contributed by atoms with E-state index in [-0.39, 0.29) is 6.54 Å². The predicted molar refractivity (Wildman–Crippen MR) is 58.7 cm³/mol. The highest BCUT2D eigenvalue weighted by Crippen LogP contribution is 2.37. The molecule has 1 aliphatic carbocycles. The van der Waals surface area contributed by atoms with Gasteiger partial charge >= 0.3 is 0 Å². The van der Waals surface area contributed by atoms with Crippen LogP contribution in [0.3, 0.4) is 0 Å². The average Bonchev–Trinajstić information content (AvgIpc) is 2.63. The fourth-order valence-corrected chi connectivity index (χ4v) is 2.20. The molecule has 1 aliphatic rings. The SMILES string of the molecule is CC(C)c1cc2c(o1)CCCC2(O)CN. The molecule has 1 unspecified atom stereocenters. The van der Waals surface area contributed by atoms with Crippen molar-refractivity contribution in [3.05, 3.63) is 23.2 Å². The van der Waals surface area contributed by atoms with Crippen LogP contribution in [0, 0.1) is 0 Å². The van der Waals surface area contributed by atoms with Gasteiger partial charge in [0.25, 0.3) is 0 Å². The van der Waals surface area contributed by atoms with Crippen LogP contribution in [0.25, 0.3) is 0 Å². The van der Waals surface area contributed by atoms with Gasteiger partial charge in [-0.15, -0.1) is 0 Å². The molecule has 0 aromatic carbocycles. The highest BCUT2D eigenvalue weighted by atomic mass is 16.3. The van der Waals surface area contributed by atoms with E-state index >= 15 is 0 Å². The molecule has 3 N–H and O–H groups in total. The van der Waals surface area contributed by atoms with Crippen molar-refractivity contribution in [3.8, 4) is 0 Å². The first kappa shape index (κ1) is 10.7. The summed E-state index contributed by atoms with van der Waals surface area (Å²) in [4.78, 5) is 0. The maximum Gasteiger partial charge on any atom is 0.110 e. The zero-order valence-corrected chi connectivity index (χ0v) is 9.42. The molecule has 0 bridgehead atoms. The third kappa shape index (κ3) is 1.70. The average molecular weight is 209 g/mol. The maximum atomic E-state index is 10.3. The number of rotatable bonds is 2. The molecule has 2 rings (SSSR count). The molecule has 0 amide bonds. The molecule has 0 saturated heterocycles. The van der Waals surface area contributed by atoms with Gasteiger partial charge in [-0.05, 0) is 18.9 Å². The van der Waals surface area contributed by atoms with Crippen molar-refractivity contribution >= 4 is 0 Å². The monoisotopic (exact) mass is 209 g/mol. The van der Waals surface area contributed by atoms with Gasteiger partial charge in [0.15, 0.2) is 0 Å². The van der Waals surface area contributed by atoms with Gasteiger partial charge in [0.2, 0.25) is 0 Å². The third-order valence-corrected chi connectivity index (χ3v) is 3.23. The summed E-state index contributed by atoms with van der Waals surface area (Å²) in [5, 5.41) is 10.3. The van der Waals surface area contributed by atoms with E-state index in [1.54, 1.807) is 0 Å². The molecule has 0 aliphatic heterocycles. The largest absolute Gasteiger partial charge is 0.465 e. The smallest absolute Gasteiger partial charge is 0.110 e. The molecule has 0 radical (unpaired) electrons. The summed E-state index contributed by atoms with van der Waals surface area (Å²) >= 11 is 0. The minimum atomic E-state index is -0.857. The Hall–Kier alpha value is -0.800. The molecule has 3 heteroatoms. The van der Waals surface area contributed by atoms with Crippen molar-refractivity contribution in [3.63, 3.8) is 0 Å². The van der Waals surface area contributed by atoms with Crippen molar-refractivity contribution in [1.82, 2.24) is 0 Å². The predicted octanol–water partition coefficient (Wildman–Crippen LogP) is 1.89. The van der Waals surface area contributed by atoms with Crippen molar-refractivity contribution in [1.29, 1.82) is 0 Å². The molecule has 0 spiro atoms. The summed E-state index contributed by atoms with van der Waals surface area (Å²) in [7, 11) is 0. The van der Waals surface area contributed by atoms with Gasteiger partial charge in [0.05, 0.1) is 0 Å². The van der Waals surface area contributed by atoms with Crippen LogP contribution in [0.15, 0.2) is 10.5 Å². The third-order valence-electron chi connectivity index (χ3n) is 3.23. The van der Waals surface area contributed by atoms with Gasteiger partial charge in [-0.25, -0.2) is 0 Å². The first-order chi connectivity index (χ1) is 7.07. The van der Waals surface area contributed by atoms with Crippen LogP contribution >= 0.6 is 0 Å². The zero-order valence-electron chi connectivity index (χ0n) is 9.42. The summed E-state index contributed by atoms with van der Waals surface area (Å²) in [6, 6.07) is 1.98. The number of aliphatic hydroxyl groups is 1. The Kier molecular flexibility index (Phi) is 2.61. The second kappa shape index (κ2) is 3.65. The Balaban J connectivity index is 2.43. The number of hydrogen-bond acceptors (Lipinski definition) is 3. The number of hydrogen-bond donors (Lipinski definition) is 2. The van der Waals surface area contributed by atoms with Crippen LogP contribution in [0.1, 0.15) is 49.7 Å². The minimum Gasteiger partial charge on any atom is -0.465 e. The van der Waals surface area contributed by atoms with Crippen LogP contribution in [0.4, 0.5) is 0 Å². The van der Waals surface area contributed by atoms with Crippen molar-refractivity contribution < 1.29 is 9.52 Å². The Morgan fingerprint density at radius 2 is 2.33 bits per heavy atom. The molecule has 1 aromatic heterocycles. The van der Waals surface area contributed by atoms with Crippen molar-refractivity contribution in [2.75, 3.05) is 6.54 Å². The highest BCUT2D eigenvalue weighted by molar-refractivity contribution is 5.32. The first-order valence-corrected chi connectivity index (χ1v) is 5.62. The summed E-state index contributed by atoms with van der Waals surface area (Å²) in [6.45, 7) is 4.45. The van der Waals surface area contributed by atoms with Gasteiger partial charge in [-0.3, -0.25) is 0 Å². The standard InChI is InChI=1S/C12H19NO2/c1-8(2)11-6-9-10(15-11)4-3-5-12(9,14)7-13/h6,8,14H,3-5,7,13H2,1-2H3. The molecule has 15 heavy (non-hydrogen) atoms.